The van der Waals surface area contributed by atoms with E-state index in [1.54, 1.807) is 14.2 Å². The second-order valence-electron chi connectivity index (χ2n) is 8.89. The Morgan fingerprint density at radius 1 is 1.07 bits per heavy atom. The highest BCUT2D eigenvalue weighted by atomic mass is 16.6. The van der Waals surface area contributed by atoms with Gasteiger partial charge in [-0.2, -0.15) is 0 Å². The van der Waals surface area contributed by atoms with Crippen molar-refractivity contribution in [3.8, 4) is 11.5 Å². The van der Waals surface area contributed by atoms with Crippen LogP contribution >= 0.6 is 0 Å². The Bertz CT molecular complexity index is 1000. The van der Waals surface area contributed by atoms with Crippen LogP contribution in [0, 0.1) is 5.92 Å². The van der Waals surface area contributed by atoms with E-state index >= 15 is 0 Å². The lowest BCUT2D eigenvalue weighted by atomic mass is 9.51. The van der Waals surface area contributed by atoms with Crippen LogP contribution < -0.4 is 9.47 Å². The maximum atomic E-state index is 6.69. The minimum absolute atomic E-state index is 0.0603. The molecule has 0 saturated carbocycles. The van der Waals surface area contributed by atoms with Gasteiger partial charge in [-0.3, -0.25) is 4.90 Å². The Morgan fingerprint density at radius 3 is 2.66 bits per heavy atom. The molecule has 0 N–H and O–H groups in total. The topological polar surface area (TPSA) is 30.9 Å². The highest BCUT2D eigenvalue weighted by Gasteiger charge is 2.66. The number of hydrogen-bond donors (Lipinski definition) is 0. The fourth-order valence-electron chi connectivity index (χ4n) is 6.74. The van der Waals surface area contributed by atoms with Crippen molar-refractivity contribution in [1.82, 2.24) is 4.90 Å². The van der Waals surface area contributed by atoms with Crippen LogP contribution in [0.25, 0.3) is 0 Å². The lowest BCUT2D eigenvalue weighted by molar-refractivity contribution is -0.0559. The van der Waals surface area contributed by atoms with Crippen molar-refractivity contribution >= 4 is 0 Å². The summed E-state index contributed by atoms with van der Waals surface area (Å²) >= 11 is 0. The molecular weight excluding hydrogens is 362 g/mol. The predicted molar refractivity (Wildman–Crippen MR) is 111 cm³/mol. The average molecular weight is 389 g/mol. The Balaban J connectivity index is 1.60. The molecule has 1 fully saturated rings. The third kappa shape index (κ3) is 2.08. The number of piperidine rings is 1. The van der Waals surface area contributed by atoms with Gasteiger partial charge >= 0.3 is 0 Å². The van der Waals surface area contributed by atoms with Gasteiger partial charge in [0.2, 0.25) is 0 Å². The summed E-state index contributed by atoms with van der Waals surface area (Å²) in [4.78, 5) is 2.62. The summed E-state index contributed by atoms with van der Waals surface area (Å²) in [7, 11) is 5.82. The third-order valence-electron chi connectivity index (χ3n) is 7.95. The smallest absolute Gasteiger partial charge is 0.166 e. The molecule has 2 bridgehead atoms. The maximum Gasteiger partial charge on any atom is 0.166 e. The number of ether oxygens (including phenoxy) is 3. The molecule has 0 amide bonds. The van der Waals surface area contributed by atoms with Gasteiger partial charge in [0.05, 0.1) is 19.6 Å². The van der Waals surface area contributed by atoms with Crippen LogP contribution in [0.3, 0.4) is 0 Å². The molecule has 6 rings (SSSR count). The molecule has 150 valence electrons. The number of likely N-dealkylation sites (tertiary alicyclic amines) is 1. The normalized spacial score (nSPS) is 34.1. The van der Waals surface area contributed by atoms with Crippen molar-refractivity contribution in [3.05, 3.63) is 71.0 Å². The number of methoxy groups -OCH3 is 2. The lowest BCUT2D eigenvalue weighted by Gasteiger charge is -2.59. The zero-order valence-electron chi connectivity index (χ0n) is 17.2. The molecule has 2 aromatic rings. The Kier molecular flexibility index (Phi) is 3.61. The van der Waals surface area contributed by atoms with E-state index in [1.807, 2.05) is 0 Å². The van der Waals surface area contributed by atoms with Crippen molar-refractivity contribution in [2.45, 2.75) is 42.9 Å². The van der Waals surface area contributed by atoms with Crippen molar-refractivity contribution in [2.75, 3.05) is 21.3 Å². The molecule has 2 heterocycles. The Labute approximate surface area is 172 Å². The molecule has 0 radical (unpaired) electrons. The van der Waals surface area contributed by atoms with Gasteiger partial charge < -0.3 is 14.2 Å². The quantitative estimate of drug-likeness (QED) is 0.785. The minimum Gasteiger partial charge on any atom is -0.497 e. The van der Waals surface area contributed by atoms with Crippen LogP contribution in [-0.4, -0.2) is 38.3 Å². The molecule has 5 atom stereocenters. The second-order valence-corrected chi connectivity index (χ2v) is 8.89. The summed E-state index contributed by atoms with van der Waals surface area (Å²) < 4.78 is 18.3. The number of rotatable bonds is 3. The van der Waals surface area contributed by atoms with Crippen LogP contribution in [0.5, 0.6) is 11.5 Å². The van der Waals surface area contributed by atoms with Gasteiger partial charge in [0.25, 0.3) is 0 Å². The summed E-state index contributed by atoms with van der Waals surface area (Å²) in [5.74, 6) is 3.29. The molecule has 0 aromatic heterocycles. The summed E-state index contributed by atoms with van der Waals surface area (Å²) in [5, 5.41) is 0. The Hall–Kier alpha value is -2.46. The van der Waals surface area contributed by atoms with E-state index < -0.39 is 0 Å². The predicted octanol–water partition coefficient (Wildman–Crippen LogP) is 4.25. The van der Waals surface area contributed by atoms with E-state index in [9.17, 15) is 0 Å². The van der Waals surface area contributed by atoms with Gasteiger partial charge in [0.15, 0.2) is 17.6 Å². The van der Waals surface area contributed by atoms with Crippen LogP contribution in [0.15, 0.2) is 54.3 Å². The van der Waals surface area contributed by atoms with Crippen LogP contribution in [0.2, 0.25) is 0 Å². The molecule has 4 heteroatoms. The molecule has 2 aromatic carbocycles. The Morgan fingerprint density at radius 2 is 1.90 bits per heavy atom. The van der Waals surface area contributed by atoms with Gasteiger partial charge in [-0.05, 0) is 55.5 Å². The average Bonchev–Trinajstić information content (AvgIpc) is 3.11. The van der Waals surface area contributed by atoms with Crippen LogP contribution in [0.1, 0.15) is 35.6 Å². The van der Waals surface area contributed by atoms with E-state index in [2.05, 4.69) is 60.5 Å². The standard InChI is InChI=1S/C25H27NO3/c1-26-18-13-16-9-11-20(27-2)23-22(16)25(14-19(26)15-7-5-4-6-8-15)17(18)10-12-21(28-3)24(25)29-23/h4-9,11-12,17-19,24H,10,13-14H2,1-3H3/t17-,18+,19?,24?,25-/m0/s1. The second kappa shape index (κ2) is 6.02. The van der Waals surface area contributed by atoms with Crippen molar-refractivity contribution in [1.29, 1.82) is 0 Å². The summed E-state index contributed by atoms with van der Waals surface area (Å²) in [6.45, 7) is 0. The first kappa shape index (κ1) is 17.4. The fourth-order valence-corrected chi connectivity index (χ4v) is 6.74. The highest BCUT2D eigenvalue weighted by molar-refractivity contribution is 5.62. The van der Waals surface area contributed by atoms with E-state index in [-0.39, 0.29) is 11.5 Å². The van der Waals surface area contributed by atoms with Crippen LogP contribution in [-0.2, 0) is 16.6 Å². The fraction of sp³-hybridized carbons (Fsp3) is 0.440. The van der Waals surface area contributed by atoms with Gasteiger partial charge in [-0.1, -0.05) is 36.4 Å². The summed E-state index contributed by atoms with van der Waals surface area (Å²) in [6, 6.07) is 16.1. The van der Waals surface area contributed by atoms with Gasteiger partial charge in [0.1, 0.15) is 5.76 Å². The van der Waals surface area contributed by atoms with E-state index in [0.717, 1.165) is 36.5 Å². The monoisotopic (exact) mass is 389 g/mol. The number of likely N-dealkylation sites (N-methyl/N-ethyl adjacent to an activating group) is 1. The minimum atomic E-state index is -0.0704. The molecule has 1 saturated heterocycles. The summed E-state index contributed by atoms with van der Waals surface area (Å²) in [6.07, 6.45) is 5.33. The maximum absolute atomic E-state index is 6.69. The molecule has 4 aliphatic rings. The summed E-state index contributed by atoms with van der Waals surface area (Å²) in [5.41, 5.74) is 4.13. The SMILES string of the molecule is COC1=CC[C@H]2[C@H]3Cc4ccc(OC)c5c4[C@@]2(CC(c2ccccc2)N3C)C1O5. The van der Waals surface area contributed by atoms with E-state index in [0.29, 0.717) is 18.0 Å². The largest absolute Gasteiger partial charge is 0.497 e. The van der Waals surface area contributed by atoms with Crippen LogP contribution in [0.4, 0.5) is 0 Å². The molecule has 4 nitrogen and oxygen atoms in total. The highest BCUT2D eigenvalue weighted by Crippen LogP contribution is 2.66. The molecule has 2 aliphatic carbocycles. The number of hydrogen-bond acceptors (Lipinski definition) is 4. The van der Waals surface area contributed by atoms with Crippen molar-refractivity contribution in [3.63, 3.8) is 0 Å². The molecule has 2 aliphatic heterocycles. The van der Waals surface area contributed by atoms with Gasteiger partial charge in [-0.15, -0.1) is 0 Å². The third-order valence-corrected chi connectivity index (χ3v) is 7.95. The van der Waals surface area contributed by atoms with Crippen molar-refractivity contribution < 1.29 is 14.2 Å². The van der Waals surface area contributed by atoms with Crippen molar-refractivity contribution in [2.24, 2.45) is 5.92 Å². The first-order chi connectivity index (χ1) is 14.2. The number of benzene rings is 2. The van der Waals surface area contributed by atoms with E-state index in [1.165, 1.54) is 16.7 Å². The van der Waals surface area contributed by atoms with E-state index in [4.69, 9.17) is 14.2 Å². The number of allylic oxidation sites excluding steroid dienone is 1. The zero-order valence-corrected chi connectivity index (χ0v) is 17.2. The number of nitrogens with zero attached hydrogens (tertiary/aromatic N) is 1. The van der Waals surface area contributed by atoms with Gasteiger partial charge in [-0.25, -0.2) is 0 Å². The molecular formula is C25H27NO3. The lowest BCUT2D eigenvalue weighted by Crippen LogP contribution is -2.64. The van der Waals surface area contributed by atoms with Gasteiger partial charge in [0, 0.05) is 17.6 Å². The first-order valence-corrected chi connectivity index (χ1v) is 10.6. The zero-order chi connectivity index (χ0) is 19.8. The first-order valence-electron chi connectivity index (χ1n) is 10.6. The molecule has 2 unspecified atom stereocenters. The molecule has 29 heavy (non-hydrogen) atoms. The molecule has 1 spiro atoms.